The molecular weight excluding hydrogens is 208 g/mol. The Hall–Kier alpha value is -0.730. The molecule has 1 fully saturated rings. The van der Waals surface area contributed by atoms with E-state index in [1.165, 1.54) is 5.56 Å². The molecule has 0 aliphatic heterocycles. The molecule has 0 spiro atoms. The minimum Gasteiger partial charge on any atom is -0.376 e. The first-order valence-electron chi connectivity index (χ1n) is 5.25. The van der Waals surface area contributed by atoms with Gasteiger partial charge < -0.3 is 10.6 Å². The maximum Gasteiger partial charge on any atom is 0.0642 e. The lowest BCUT2D eigenvalue weighted by atomic mass is 10.0. The molecule has 2 rings (SSSR count). The number of halogens is 1. The van der Waals surface area contributed by atoms with E-state index in [0.717, 1.165) is 30.0 Å². The van der Waals surface area contributed by atoms with Crippen molar-refractivity contribution in [1.82, 2.24) is 0 Å². The monoisotopic (exact) mass is 224 g/mol. The molecule has 2 nitrogen and oxygen atoms in total. The van der Waals surface area contributed by atoms with E-state index < -0.39 is 0 Å². The number of nitrogens with zero attached hydrogens (tertiary/aromatic N) is 1. The summed E-state index contributed by atoms with van der Waals surface area (Å²) in [5, 5.41) is 0.807. The van der Waals surface area contributed by atoms with Gasteiger partial charge in [0.05, 0.1) is 10.7 Å². The summed E-state index contributed by atoms with van der Waals surface area (Å²) in [6.45, 7) is 0. The third-order valence-corrected chi connectivity index (χ3v) is 3.25. The lowest BCUT2D eigenvalue weighted by molar-refractivity contribution is 0.672. The zero-order chi connectivity index (χ0) is 11.1. The molecule has 1 aromatic carbocycles. The second kappa shape index (κ2) is 3.69. The molecule has 2 N–H and O–H groups in total. The van der Waals surface area contributed by atoms with Gasteiger partial charge in [-0.3, -0.25) is 0 Å². The van der Waals surface area contributed by atoms with E-state index in [1.54, 1.807) is 0 Å². The Morgan fingerprint density at radius 3 is 2.53 bits per heavy atom. The lowest BCUT2D eigenvalue weighted by Crippen LogP contribution is -2.24. The molecule has 0 aromatic heterocycles. The van der Waals surface area contributed by atoms with Crippen molar-refractivity contribution in [2.45, 2.75) is 24.8 Å². The van der Waals surface area contributed by atoms with E-state index >= 15 is 0 Å². The summed E-state index contributed by atoms with van der Waals surface area (Å²) in [5.74, 6) is 0. The predicted molar refractivity (Wildman–Crippen MR) is 65.6 cm³/mol. The van der Waals surface area contributed by atoms with Gasteiger partial charge >= 0.3 is 0 Å². The summed E-state index contributed by atoms with van der Waals surface area (Å²) >= 11 is 6.19. The molecule has 1 aliphatic rings. The van der Waals surface area contributed by atoms with E-state index in [-0.39, 0.29) is 5.54 Å². The van der Waals surface area contributed by atoms with Crippen LogP contribution in [0, 0.1) is 0 Å². The third kappa shape index (κ3) is 2.44. The van der Waals surface area contributed by atoms with Gasteiger partial charge in [-0.15, -0.1) is 0 Å². The van der Waals surface area contributed by atoms with Crippen molar-refractivity contribution in [3.8, 4) is 0 Å². The number of benzene rings is 1. The fourth-order valence-electron chi connectivity index (χ4n) is 1.77. The summed E-state index contributed by atoms with van der Waals surface area (Å²) in [6, 6.07) is 6.21. The fourth-order valence-corrected chi connectivity index (χ4v) is 2.14. The van der Waals surface area contributed by atoms with Crippen molar-refractivity contribution in [2.24, 2.45) is 5.73 Å². The Bertz CT molecular complexity index is 370. The van der Waals surface area contributed by atoms with Crippen molar-refractivity contribution in [3.05, 3.63) is 28.8 Å². The number of nitrogens with two attached hydrogens (primary N) is 1. The third-order valence-electron chi connectivity index (χ3n) is 2.94. The lowest BCUT2D eigenvalue weighted by Gasteiger charge is -2.16. The zero-order valence-corrected chi connectivity index (χ0v) is 10.0. The molecule has 0 saturated heterocycles. The van der Waals surface area contributed by atoms with Gasteiger partial charge in [0.25, 0.3) is 0 Å². The normalized spacial score (nSPS) is 17.6. The highest BCUT2D eigenvalue weighted by molar-refractivity contribution is 6.33. The summed E-state index contributed by atoms with van der Waals surface area (Å²) in [5.41, 5.74) is 8.43. The number of hydrogen-bond donors (Lipinski definition) is 1. The number of rotatable bonds is 3. The molecule has 0 heterocycles. The molecule has 15 heavy (non-hydrogen) atoms. The zero-order valence-electron chi connectivity index (χ0n) is 9.26. The Balaban J connectivity index is 2.17. The van der Waals surface area contributed by atoms with Crippen LogP contribution in [0.1, 0.15) is 18.4 Å². The SMILES string of the molecule is CN(C)c1ccc(CC2(N)CC2)cc1Cl. The van der Waals surface area contributed by atoms with E-state index in [9.17, 15) is 0 Å². The molecule has 1 aliphatic carbocycles. The summed E-state index contributed by atoms with van der Waals surface area (Å²) in [7, 11) is 3.98. The molecule has 0 radical (unpaired) electrons. The molecule has 0 atom stereocenters. The Labute approximate surface area is 96.0 Å². The predicted octanol–water partition coefficient (Wildman–Crippen LogP) is 2.44. The van der Waals surface area contributed by atoms with Crippen molar-refractivity contribution in [2.75, 3.05) is 19.0 Å². The van der Waals surface area contributed by atoms with Crippen molar-refractivity contribution in [1.29, 1.82) is 0 Å². The van der Waals surface area contributed by atoms with E-state index in [4.69, 9.17) is 17.3 Å². The molecule has 0 unspecified atom stereocenters. The molecule has 0 amide bonds. The van der Waals surface area contributed by atoms with Crippen LogP contribution in [-0.4, -0.2) is 19.6 Å². The van der Waals surface area contributed by atoms with Crippen LogP contribution in [-0.2, 0) is 6.42 Å². The standard InChI is InChI=1S/C12H17ClN2/c1-15(2)11-4-3-9(7-10(11)13)8-12(14)5-6-12/h3-4,7H,5-6,8,14H2,1-2H3. The average Bonchev–Trinajstić information content (AvgIpc) is 2.82. The molecule has 3 heteroatoms. The van der Waals surface area contributed by atoms with E-state index in [2.05, 4.69) is 12.1 Å². The first kappa shape index (κ1) is 10.8. The Morgan fingerprint density at radius 1 is 1.40 bits per heavy atom. The summed E-state index contributed by atoms with van der Waals surface area (Å²) in [4.78, 5) is 2.02. The van der Waals surface area contributed by atoms with Crippen molar-refractivity contribution < 1.29 is 0 Å². The van der Waals surface area contributed by atoms with Gasteiger partial charge in [0.2, 0.25) is 0 Å². The van der Waals surface area contributed by atoms with Crippen LogP contribution >= 0.6 is 11.6 Å². The smallest absolute Gasteiger partial charge is 0.0642 e. The largest absolute Gasteiger partial charge is 0.376 e. The topological polar surface area (TPSA) is 29.3 Å². The molecular formula is C12H17ClN2. The molecule has 0 bridgehead atoms. The van der Waals surface area contributed by atoms with Gasteiger partial charge in [0.1, 0.15) is 0 Å². The van der Waals surface area contributed by atoms with Crippen molar-refractivity contribution in [3.63, 3.8) is 0 Å². The van der Waals surface area contributed by atoms with Gasteiger partial charge in [0, 0.05) is 19.6 Å². The molecule has 82 valence electrons. The first-order valence-corrected chi connectivity index (χ1v) is 5.63. The average molecular weight is 225 g/mol. The van der Waals surface area contributed by atoms with Crippen LogP contribution in [0.3, 0.4) is 0 Å². The summed E-state index contributed by atoms with van der Waals surface area (Å²) < 4.78 is 0. The van der Waals surface area contributed by atoms with Gasteiger partial charge in [0.15, 0.2) is 0 Å². The minimum absolute atomic E-state index is 0.0585. The van der Waals surface area contributed by atoms with Crippen LogP contribution in [0.25, 0.3) is 0 Å². The van der Waals surface area contributed by atoms with Crippen LogP contribution in [0.4, 0.5) is 5.69 Å². The van der Waals surface area contributed by atoms with Crippen LogP contribution in [0.5, 0.6) is 0 Å². The second-order valence-electron chi connectivity index (χ2n) is 4.72. The second-order valence-corrected chi connectivity index (χ2v) is 5.13. The van der Waals surface area contributed by atoms with E-state index in [1.807, 2.05) is 25.1 Å². The van der Waals surface area contributed by atoms with E-state index in [0.29, 0.717) is 0 Å². The highest BCUT2D eigenvalue weighted by Gasteiger charge is 2.37. The maximum absolute atomic E-state index is 6.19. The Morgan fingerprint density at radius 2 is 2.07 bits per heavy atom. The highest BCUT2D eigenvalue weighted by Crippen LogP contribution is 2.36. The minimum atomic E-state index is 0.0585. The first-order chi connectivity index (χ1) is 7.00. The van der Waals surface area contributed by atoms with Gasteiger partial charge in [-0.1, -0.05) is 17.7 Å². The van der Waals surface area contributed by atoms with Gasteiger partial charge in [-0.25, -0.2) is 0 Å². The van der Waals surface area contributed by atoms with Crippen LogP contribution in [0.2, 0.25) is 5.02 Å². The summed E-state index contributed by atoms with van der Waals surface area (Å²) in [6.07, 6.45) is 3.22. The van der Waals surface area contributed by atoms with Crippen LogP contribution < -0.4 is 10.6 Å². The van der Waals surface area contributed by atoms with Gasteiger partial charge in [-0.2, -0.15) is 0 Å². The maximum atomic E-state index is 6.19. The number of hydrogen-bond acceptors (Lipinski definition) is 2. The molecule has 1 aromatic rings. The Kier molecular flexibility index (Phi) is 2.65. The number of anilines is 1. The highest BCUT2D eigenvalue weighted by atomic mass is 35.5. The van der Waals surface area contributed by atoms with Crippen molar-refractivity contribution >= 4 is 17.3 Å². The molecule has 1 saturated carbocycles. The quantitative estimate of drug-likeness (QED) is 0.855. The fraction of sp³-hybridized carbons (Fsp3) is 0.500. The van der Waals surface area contributed by atoms with Gasteiger partial charge in [-0.05, 0) is 37.0 Å². The van der Waals surface area contributed by atoms with Crippen LogP contribution in [0.15, 0.2) is 18.2 Å².